The van der Waals surface area contributed by atoms with Crippen molar-refractivity contribution in [1.82, 2.24) is 0 Å². The predicted molar refractivity (Wildman–Crippen MR) is 40.8 cm³/mol. The second kappa shape index (κ2) is 2.56. The lowest BCUT2D eigenvalue weighted by atomic mass is 9.93. The molecule has 0 aromatic heterocycles. The molecule has 3 nitrogen and oxygen atoms in total. The van der Waals surface area contributed by atoms with Crippen LogP contribution < -0.4 is 0 Å². The smallest absolute Gasteiger partial charge is 0.252 e. The molecule has 1 aliphatic rings. The van der Waals surface area contributed by atoms with Crippen molar-refractivity contribution in [1.29, 1.82) is 10.5 Å². The van der Waals surface area contributed by atoms with E-state index in [1.807, 2.05) is 19.1 Å². The maximum Gasteiger partial charge on any atom is 0.253 e. The Kier molecular flexibility index (Phi) is 1.74. The summed E-state index contributed by atoms with van der Waals surface area (Å²) in [5.74, 6) is 0. The largest absolute Gasteiger partial charge is 0.253 e. The summed E-state index contributed by atoms with van der Waals surface area (Å²) in [4.78, 5) is 3.82. The molecule has 0 bridgehead atoms. The first-order valence-electron chi connectivity index (χ1n) is 3.36. The van der Waals surface area contributed by atoms with Crippen LogP contribution in [0, 0.1) is 22.7 Å². The summed E-state index contributed by atoms with van der Waals surface area (Å²) in [5.41, 5.74) is -0.433. The van der Waals surface area contributed by atoms with Crippen LogP contribution in [-0.4, -0.2) is 11.8 Å². The molecule has 0 radical (unpaired) electrons. The quantitative estimate of drug-likeness (QED) is 0.556. The molecule has 3 heteroatoms. The molecule has 1 heterocycles. The summed E-state index contributed by atoms with van der Waals surface area (Å²) in [5, 5.41) is 17.4. The SMILES string of the molecule is CCC1=CC=NC1(C#N)C#N. The van der Waals surface area contributed by atoms with E-state index in [0.717, 1.165) is 5.57 Å². The number of hydrogen-bond acceptors (Lipinski definition) is 3. The van der Waals surface area contributed by atoms with Crippen LogP contribution in [0.15, 0.2) is 16.6 Å². The zero-order valence-corrected chi connectivity index (χ0v) is 6.20. The van der Waals surface area contributed by atoms with Gasteiger partial charge in [0, 0.05) is 6.21 Å². The first kappa shape index (κ1) is 7.50. The molecule has 11 heavy (non-hydrogen) atoms. The molecule has 0 aliphatic carbocycles. The van der Waals surface area contributed by atoms with Crippen LogP contribution in [0.3, 0.4) is 0 Å². The molecule has 0 unspecified atom stereocenters. The molecule has 1 aliphatic heterocycles. The number of nitriles is 2. The second-order valence-electron chi connectivity index (χ2n) is 2.26. The Labute approximate surface area is 65.3 Å². The maximum absolute atomic E-state index is 8.69. The van der Waals surface area contributed by atoms with Gasteiger partial charge in [-0.3, -0.25) is 4.99 Å². The van der Waals surface area contributed by atoms with Crippen molar-refractivity contribution in [3.8, 4) is 12.1 Å². The molecule has 1 rings (SSSR count). The van der Waals surface area contributed by atoms with Gasteiger partial charge >= 0.3 is 0 Å². The van der Waals surface area contributed by atoms with E-state index in [4.69, 9.17) is 10.5 Å². The molecule has 0 amide bonds. The Morgan fingerprint density at radius 3 is 2.55 bits per heavy atom. The first-order valence-corrected chi connectivity index (χ1v) is 3.36. The Bertz CT molecular complexity index is 284. The van der Waals surface area contributed by atoms with E-state index in [9.17, 15) is 0 Å². The van der Waals surface area contributed by atoms with Gasteiger partial charge in [0.25, 0.3) is 5.54 Å². The topological polar surface area (TPSA) is 59.9 Å². The predicted octanol–water partition coefficient (Wildman–Crippen LogP) is 1.19. The first-order chi connectivity index (χ1) is 5.29. The van der Waals surface area contributed by atoms with Gasteiger partial charge in [0.05, 0.1) is 0 Å². The van der Waals surface area contributed by atoms with Crippen LogP contribution in [0.25, 0.3) is 0 Å². The number of aliphatic imine (C=N–C) groups is 1. The van der Waals surface area contributed by atoms with Gasteiger partial charge in [-0.2, -0.15) is 10.5 Å². The third-order valence-corrected chi connectivity index (χ3v) is 1.71. The van der Waals surface area contributed by atoms with Gasteiger partial charge in [-0.05, 0) is 18.1 Å². The van der Waals surface area contributed by atoms with Crippen molar-refractivity contribution in [3.05, 3.63) is 11.6 Å². The van der Waals surface area contributed by atoms with Crippen molar-refractivity contribution in [2.45, 2.75) is 18.9 Å². The fraction of sp³-hybridized carbons (Fsp3) is 0.375. The summed E-state index contributed by atoms with van der Waals surface area (Å²) >= 11 is 0. The van der Waals surface area contributed by atoms with Crippen LogP contribution in [0.5, 0.6) is 0 Å². The lowest BCUT2D eigenvalue weighted by molar-refractivity contribution is 0.781. The third-order valence-electron chi connectivity index (χ3n) is 1.71. The van der Waals surface area contributed by atoms with Gasteiger partial charge in [-0.15, -0.1) is 0 Å². The number of rotatable bonds is 1. The number of nitrogens with zero attached hydrogens (tertiary/aromatic N) is 3. The normalized spacial score (nSPS) is 18.6. The maximum atomic E-state index is 8.69. The van der Waals surface area contributed by atoms with Crippen molar-refractivity contribution in [3.63, 3.8) is 0 Å². The summed E-state index contributed by atoms with van der Waals surface area (Å²) in [6, 6.07) is 3.80. The Hall–Kier alpha value is -1.61. The summed E-state index contributed by atoms with van der Waals surface area (Å²) in [6.07, 6.45) is 3.94. The Morgan fingerprint density at radius 2 is 2.18 bits per heavy atom. The average molecular weight is 145 g/mol. The summed E-state index contributed by atoms with van der Waals surface area (Å²) in [6.45, 7) is 1.91. The summed E-state index contributed by atoms with van der Waals surface area (Å²) < 4.78 is 0. The van der Waals surface area contributed by atoms with E-state index in [1.54, 1.807) is 6.08 Å². The fourth-order valence-electron chi connectivity index (χ4n) is 1.04. The molecular weight excluding hydrogens is 138 g/mol. The zero-order chi connectivity index (χ0) is 8.32. The highest BCUT2D eigenvalue weighted by Crippen LogP contribution is 2.26. The van der Waals surface area contributed by atoms with E-state index < -0.39 is 5.54 Å². The van der Waals surface area contributed by atoms with Gasteiger partial charge in [0.1, 0.15) is 12.1 Å². The molecule has 0 saturated carbocycles. The molecule has 0 atom stereocenters. The second-order valence-corrected chi connectivity index (χ2v) is 2.26. The van der Waals surface area contributed by atoms with E-state index in [1.165, 1.54) is 6.21 Å². The highest BCUT2D eigenvalue weighted by atomic mass is 14.9. The minimum atomic E-state index is -1.21. The van der Waals surface area contributed by atoms with E-state index in [0.29, 0.717) is 6.42 Å². The molecule has 0 spiro atoms. The molecule has 0 saturated heterocycles. The van der Waals surface area contributed by atoms with Crippen molar-refractivity contribution < 1.29 is 0 Å². The lowest BCUT2D eigenvalue weighted by Gasteiger charge is -2.10. The van der Waals surface area contributed by atoms with Crippen molar-refractivity contribution >= 4 is 6.21 Å². The molecule has 0 fully saturated rings. The Morgan fingerprint density at radius 1 is 1.55 bits per heavy atom. The molecular formula is C8H7N3. The van der Waals surface area contributed by atoms with Gasteiger partial charge in [-0.1, -0.05) is 6.92 Å². The van der Waals surface area contributed by atoms with E-state index >= 15 is 0 Å². The van der Waals surface area contributed by atoms with Crippen molar-refractivity contribution in [2.75, 3.05) is 0 Å². The molecule has 54 valence electrons. The van der Waals surface area contributed by atoms with Crippen LogP contribution in [-0.2, 0) is 0 Å². The standard InChI is InChI=1S/C8H7N3/c1-2-7-3-4-11-8(7,5-9)6-10/h3-4H,2H2,1H3. The van der Waals surface area contributed by atoms with Gasteiger partial charge < -0.3 is 0 Å². The van der Waals surface area contributed by atoms with Gasteiger partial charge in [0.15, 0.2) is 0 Å². The van der Waals surface area contributed by atoms with Crippen LogP contribution >= 0.6 is 0 Å². The summed E-state index contributed by atoms with van der Waals surface area (Å²) in [7, 11) is 0. The monoisotopic (exact) mass is 145 g/mol. The minimum Gasteiger partial charge on any atom is -0.252 e. The van der Waals surface area contributed by atoms with Gasteiger partial charge in [-0.25, -0.2) is 0 Å². The highest BCUT2D eigenvalue weighted by Gasteiger charge is 2.34. The number of allylic oxidation sites excluding steroid dienone is 1. The van der Waals surface area contributed by atoms with E-state index in [-0.39, 0.29) is 0 Å². The third kappa shape index (κ3) is 0.911. The number of hydrogen-bond donors (Lipinski definition) is 0. The van der Waals surface area contributed by atoms with Crippen LogP contribution in [0.1, 0.15) is 13.3 Å². The molecule has 0 aromatic carbocycles. The van der Waals surface area contributed by atoms with E-state index in [2.05, 4.69) is 4.99 Å². The molecule has 0 aromatic rings. The lowest BCUT2D eigenvalue weighted by Crippen LogP contribution is -2.21. The Balaban J connectivity index is 3.08. The average Bonchev–Trinajstić information content (AvgIpc) is 2.47. The van der Waals surface area contributed by atoms with Gasteiger partial charge in [0.2, 0.25) is 0 Å². The van der Waals surface area contributed by atoms with Crippen LogP contribution in [0.2, 0.25) is 0 Å². The highest BCUT2D eigenvalue weighted by molar-refractivity contribution is 5.79. The molecule has 0 N–H and O–H groups in total. The zero-order valence-electron chi connectivity index (χ0n) is 6.20. The fourth-order valence-corrected chi connectivity index (χ4v) is 1.04. The van der Waals surface area contributed by atoms with Crippen LogP contribution in [0.4, 0.5) is 0 Å². The minimum absolute atomic E-state index is 0.696. The van der Waals surface area contributed by atoms with Crippen molar-refractivity contribution in [2.24, 2.45) is 4.99 Å².